The molecular weight excluding hydrogens is 444 g/mol. The highest BCUT2D eigenvalue weighted by Gasteiger charge is 2.13. The summed E-state index contributed by atoms with van der Waals surface area (Å²) in [4.78, 5) is 18.2. The predicted molar refractivity (Wildman–Crippen MR) is 123 cm³/mol. The van der Waals surface area contributed by atoms with E-state index in [1.165, 1.54) is 25.6 Å². The number of hydrogen-bond acceptors (Lipinski definition) is 9. The minimum atomic E-state index is -0.487. The highest BCUT2D eigenvalue weighted by molar-refractivity contribution is 5.56. The second kappa shape index (κ2) is 10.9. The molecule has 34 heavy (non-hydrogen) atoms. The van der Waals surface area contributed by atoms with Crippen LogP contribution >= 0.6 is 0 Å². The molecule has 0 saturated heterocycles. The van der Waals surface area contributed by atoms with Crippen molar-refractivity contribution in [3.8, 4) is 22.9 Å². The molecule has 0 spiro atoms. The number of ether oxygens (including phenoxy) is 2. The molecule has 4 rings (SSSR count). The third kappa shape index (κ3) is 5.49. The highest BCUT2D eigenvalue weighted by atomic mass is 16.6. The van der Waals surface area contributed by atoms with Crippen LogP contribution < -0.4 is 15.2 Å². The van der Waals surface area contributed by atoms with E-state index >= 15 is 0 Å². The Balaban J connectivity index is 0.000000192. The first-order valence-electron chi connectivity index (χ1n) is 9.94. The van der Waals surface area contributed by atoms with Crippen molar-refractivity contribution in [3.63, 3.8) is 0 Å². The zero-order valence-corrected chi connectivity index (χ0v) is 18.5. The quantitative estimate of drug-likeness (QED) is 0.210. The van der Waals surface area contributed by atoms with Gasteiger partial charge in [-0.05, 0) is 18.2 Å². The SMILES string of the molecule is COc1cc(N)ccc1-n1cnc(CO)c1.COc1cc([N+](=O)[O-])ccc1-n1cnc(CO)c1. The molecule has 0 amide bonds. The third-order valence-electron chi connectivity index (χ3n) is 4.73. The summed E-state index contributed by atoms with van der Waals surface area (Å²) in [6, 6.07) is 9.67. The van der Waals surface area contributed by atoms with Crippen LogP contribution in [0.2, 0.25) is 0 Å². The van der Waals surface area contributed by atoms with E-state index in [-0.39, 0.29) is 18.9 Å². The van der Waals surface area contributed by atoms with Crippen molar-refractivity contribution in [2.45, 2.75) is 13.2 Å². The number of rotatable bonds is 7. The number of nitro benzene ring substituents is 1. The lowest BCUT2D eigenvalue weighted by Crippen LogP contribution is -1.97. The number of imidazole rings is 2. The summed E-state index contributed by atoms with van der Waals surface area (Å²) >= 11 is 0. The smallest absolute Gasteiger partial charge is 0.273 e. The average Bonchev–Trinajstić information content (AvgIpc) is 3.53. The molecule has 12 nitrogen and oxygen atoms in total. The number of non-ortho nitro benzene ring substituents is 1. The van der Waals surface area contributed by atoms with Crippen molar-refractivity contribution in [3.05, 3.63) is 82.9 Å². The monoisotopic (exact) mass is 468 g/mol. The fraction of sp³-hybridized carbons (Fsp3) is 0.182. The van der Waals surface area contributed by atoms with Crippen LogP contribution in [0.15, 0.2) is 61.4 Å². The molecule has 0 aliphatic carbocycles. The molecule has 0 radical (unpaired) electrons. The van der Waals surface area contributed by atoms with E-state index in [1.807, 2.05) is 6.07 Å². The molecule has 0 unspecified atom stereocenters. The number of nitro groups is 1. The first kappa shape index (κ1) is 24.2. The van der Waals surface area contributed by atoms with Crippen LogP contribution in [0.25, 0.3) is 11.4 Å². The van der Waals surface area contributed by atoms with Gasteiger partial charge in [0.2, 0.25) is 0 Å². The summed E-state index contributed by atoms with van der Waals surface area (Å²) in [6.45, 7) is -0.243. The maximum atomic E-state index is 10.7. The van der Waals surface area contributed by atoms with Crippen molar-refractivity contribution in [2.24, 2.45) is 0 Å². The summed E-state index contributed by atoms with van der Waals surface area (Å²) in [5, 5.41) is 28.6. The van der Waals surface area contributed by atoms with E-state index in [1.54, 1.807) is 53.2 Å². The average molecular weight is 468 g/mol. The molecule has 12 heteroatoms. The number of aromatic nitrogens is 4. The Morgan fingerprint density at radius 1 is 0.912 bits per heavy atom. The fourth-order valence-corrected chi connectivity index (χ4v) is 3.05. The fourth-order valence-electron chi connectivity index (χ4n) is 3.05. The van der Waals surface area contributed by atoms with Gasteiger partial charge in [-0.1, -0.05) is 0 Å². The second-order valence-corrected chi connectivity index (χ2v) is 6.91. The maximum Gasteiger partial charge on any atom is 0.273 e. The number of anilines is 1. The van der Waals surface area contributed by atoms with Crippen molar-refractivity contribution >= 4 is 11.4 Å². The largest absolute Gasteiger partial charge is 0.494 e. The van der Waals surface area contributed by atoms with E-state index in [0.29, 0.717) is 34.3 Å². The van der Waals surface area contributed by atoms with Gasteiger partial charge in [-0.2, -0.15) is 0 Å². The number of benzene rings is 2. The number of nitrogen functional groups attached to an aromatic ring is 1. The van der Waals surface area contributed by atoms with Gasteiger partial charge < -0.3 is 34.6 Å². The van der Waals surface area contributed by atoms with Gasteiger partial charge in [0.1, 0.15) is 11.5 Å². The number of nitrogens with two attached hydrogens (primary N) is 1. The summed E-state index contributed by atoms with van der Waals surface area (Å²) in [7, 11) is 3.02. The molecule has 2 aromatic heterocycles. The molecular formula is C22H24N6O6. The van der Waals surface area contributed by atoms with Gasteiger partial charge in [-0.3, -0.25) is 10.1 Å². The van der Waals surface area contributed by atoms with E-state index in [2.05, 4.69) is 9.97 Å². The maximum absolute atomic E-state index is 10.7. The number of methoxy groups -OCH3 is 2. The van der Waals surface area contributed by atoms with E-state index in [9.17, 15) is 10.1 Å². The molecule has 0 atom stereocenters. The van der Waals surface area contributed by atoms with Gasteiger partial charge >= 0.3 is 0 Å². The summed E-state index contributed by atoms with van der Waals surface area (Å²) in [6.07, 6.45) is 6.51. The van der Waals surface area contributed by atoms with Crippen LogP contribution in [0.1, 0.15) is 11.4 Å². The van der Waals surface area contributed by atoms with Crippen LogP contribution in [-0.4, -0.2) is 48.5 Å². The van der Waals surface area contributed by atoms with E-state index in [4.69, 9.17) is 25.4 Å². The zero-order valence-electron chi connectivity index (χ0n) is 18.5. The number of aliphatic hydroxyl groups is 2. The minimum Gasteiger partial charge on any atom is -0.494 e. The molecule has 0 fully saturated rings. The van der Waals surface area contributed by atoms with Crippen LogP contribution in [0, 0.1) is 10.1 Å². The van der Waals surface area contributed by atoms with Crippen LogP contribution in [0.5, 0.6) is 11.5 Å². The summed E-state index contributed by atoms with van der Waals surface area (Å²) < 4.78 is 13.8. The molecule has 178 valence electrons. The lowest BCUT2D eigenvalue weighted by molar-refractivity contribution is -0.384. The van der Waals surface area contributed by atoms with Crippen molar-refractivity contribution in [1.82, 2.24) is 19.1 Å². The van der Waals surface area contributed by atoms with Crippen molar-refractivity contribution in [1.29, 1.82) is 0 Å². The van der Waals surface area contributed by atoms with Crippen LogP contribution in [0.3, 0.4) is 0 Å². The van der Waals surface area contributed by atoms with Gasteiger partial charge in [0.05, 0.1) is 73.8 Å². The van der Waals surface area contributed by atoms with Gasteiger partial charge in [0, 0.05) is 30.2 Å². The molecule has 0 bridgehead atoms. The van der Waals surface area contributed by atoms with E-state index < -0.39 is 4.92 Å². The first-order chi connectivity index (χ1) is 16.4. The normalized spacial score (nSPS) is 10.4. The Bertz CT molecular complexity index is 1270. The molecule has 2 heterocycles. The Hall–Kier alpha value is -4.42. The second-order valence-electron chi connectivity index (χ2n) is 6.91. The molecule has 0 aliphatic rings. The Morgan fingerprint density at radius 2 is 1.41 bits per heavy atom. The first-order valence-corrected chi connectivity index (χ1v) is 9.94. The van der Waals surface area contributed by atoms with Crippen LogP contribution in [0.4, 0.5) is 11.4 Å². The van der Waals surface area contributed by atoms with Crippen molar-refractivity contribution in [2.75, 3.05) is 20.0 Å². The van der Waals surface area contributed by atoms with E-state index in [0.717, 1.165) is 5.69 Å². The van der Waals surface area contributed by atoms with Crippen LogP contribution in [-0.2, 0) is 13.2 Å². The van der Waals surface area contributed by atoms with Gasteiger partial charge in [-0.25, -0.2) is 9.97 Å². The highest BCUT2D eigenvalue weighted by Crippen LogP contribution is 2.28. The van der Waals surface area contributed by atoms with Gasteiger partial charge in [-0.15, -0.1) is 0 Å². The minimum absolute atomic E-state index is 0.0434. The Morgan fingerprint density at radius 3 is 1.85 bits per heavy atom. The van der Waals surface area contributed by atoms with Crippen molar-refractivity contribution < 1.29 is 24.6 Å². The number of aliphatic hydroxyl groups excluding tert-OH is 2. The Labute approximate surface area is 194 Å². The topological polar surface area (TPSA) is 164 Å². The number of hydrogen-bond donors (Lipinski definition) is 3. The molecule has 4 N–H and O–H groups in total. The number of nitrogens with zero attached hydrogens (tertiary/aromatic N) is 5. The molecule has 0 aliphatic heterocycles. The Kier molecular flexibility index (Phi) is 7.79. The lowest BCUT2D eigenvalue weighted by Gasteiger charge is -2.09. The molecule has 4 aromatic rings. The predicted octanol–water partition coefficient (Wildman–Crippen LogP) is 2.24. The molecule has 0 saturated carbocycles. The standard InChI is InChI=1S/C11H11N3O4.C11H13N3O2/c1-18-11-4-9(14(16)17)2-3-10(11)13-5-8(6-15)12-7-13;1-16-11-4-8(12)2-3-10(11)14-5-9(6-15)13-7-14/h2-5,7,15H,6H2,1H3;2-5,7,15H,6,12H2,1H3. The lowest BCUT2D eigenvalue weighted by atomic mass is 10.2. The summed E-state index contributed by atoms with van der Waals surface area (Å²) in [5.74, 6) is 1.04. The molecule has 2 aromatic carbocycles. The third-order valence-corrected chi connectivity index (χ3v) is 4.73. The van der Waals surface area contributed by atoms with Gasteiger partial charge in [0.25, 0.3) is 5.69 Å². The summed E-state index contributed by atoms with van der Waals surface area (Å²) in [5.41, 5.74) is 8.84. The van der Waals surface area contributed by atoms with Gasteiger partial charge in [0.15, 0.2) is 0 Å². The zero-order chi connectivity index (χ0) is 24.7.